The molecule has 1 aromatic rings. The molecule has 0 bridgehead atoms. The van der Waals surface area contributed by atoms with Crippen molar-refractivity contribution in [1.82, 2.24) is 15.3 Å². The zero-order valence-electron chi connectivity index (χ0n) is 11.9. The molecule has 104 valence electrons. The van der Waals surface area contributed by atoms with E-state index in [1.54, 1.807) is 0 Å². The number of nitrogen functional groups attached to an aromatic ring is 1. The molecule has 0 atom stereocenters. The van der Waals surface area contributed by atoms with Crippen LogP contribution in [0.3, 0.4) is 0 Å². The van der Waals surface area contributed by atoms with E-state index in [1.807, 2.05) is 13.8 Å². The minimum atomic E-state index is 0.0607. The van der Waals surface area contributed by atoms with Crippen molar-refractivity contribution in [3.05, 3.63) is 17.0 Å². The van der Waals surface area contributed by atoms with Crippen LogP contribution >= 0.6 is 0 Å². The summed E-state index contributed by atoms with van der Waals surface area (Å²) in [7, 11) is 0. The summed E-state index contributed by atoms with van der Waals surface area (Å²) in [6, 6.07) is 0. The molecule has 2 rings (SSSR count). The molecular weight excluding hydrogens is 240 g/mol. The smallest absolute Gasteiger partial charge is 0.224 e. The molecule has 5 heteroatoms. The van der Waals surface area contributed by atoms with Crippen LogP contribution in [0.4, 0.5) is 5.95 Å². The van der Waals surface area contributed by atoms with E-state index in [0.29, 0.717) is 6.42 Å². The summed E-state index contributed by atoms with van der Waals surface area (Å²) < 4.78 is 0. The van der Waals surface area contributed by atoms with Crippen molar-refractivity contribution in [2.24, 2.45) is 0 Å². The zero-order chi connectivity index (χ0) is 14.0. The van der Waals surface area contributed by atoms with Crippen molar-refractivity contribution in [2.75, 3.05) is 5.73 Å². The summed E-state index contributed by atoms with van der Waals surface area (Å²) in [4.78, 5) is 20.4. The molecule has 0 aliphatic heterocycles. The monoisotopic (exact) mass is 262 g/mol. The van der Waals surface area contributed by atoms with Gasteiger partial charge in [-0.3, -0.25) is 4.79 Å². The quantitative estimate of drug-likeness (QED) is 0.845. The normalized spacial score (nSPS) is 16.2. The maximum absolute atomic E-state index is 12.1. The fraction of sp³-hybridized carbons (Fsp3) is 0.643. The van der Waals surface area contributed by atoms with Crippen molar-refractivity contribution in [3.8, 4) is 0 Å². The summed E-state index contributed by atoms with van der Waals surface area (Å²) in [5, 5.41) is 3.16. The number of hydrogen-bond donors (Lipinski definition) is 2. The first-order chi connectivity index (χ1) is 8.96. The first kappa shape index (κ1) is 13.8. The minimum Gasteiger partial charge on any atom is -0.368 e. The summed E-state index contributed by atoms with van der Waals surface area (Å²) in [5.74, 6) is 0.328. The molecule has 1 heterocycles. The van der Waals surface area contributed by atoms with Crippen LogP contribution in [0.2, 0.25) is 0 Å². The highest BCUT2D eigenvalue weighted by molar-refractivity contribution is 5.80. The van der Waals surface area contributed by atoms with E-state index in [9.17, 15) is 4.79 Å². The number of aryl methyl sites for hydroxylation is 2. The van der Waals surface area contributed by atoms with E-state index >= 15 is 0 Å². The molecule has 0 radical (unpaired) electrons. The molecule has 0 aromatic carbocycles. The number of anilines is 1. The zero-order valence-corrected chi connectivity index (χ0v) is 11.9. The number of nitrogens with zero attached hydrogens (tertiary/aromatic N) is 2. The lowest BCUT2D eigenvalue weighted by Crippen LogP contribution is -2.38. The number of carbonyl (C=O) groups is 1. The van der Waals surface area contributed by atoms with E-state index in [-0.39, 0.29) is 17.4 Å². The highest BCUT2D eigenvalue weighted by Crippen LogP contribution is 2.39. The van der Waals surface area contributed by atoms with Gasteiger partial charge in [-0.1, -0.05) is 13.3 Å². The van der Waals surface area contributed by atoms with Crippen LogP contribution in [0.25, 0.3) is 0 Å². The Morgan fingerprint density at radius 1 is 1.32 bits per heavy atom. The Morgan fingerprint density at radius 3 is 2.37 bits per heavy atom. The molecule has 3 N–H and O–H groups in total. The lowest BCUT2D eigenvalue weighted by Gasteiger charge is -2.17. The number of nitrogens with two attached hydrogens (primary N) is 1. The Bertz CT molecular complexity index is 471. The van der Waals surface area contributed by atoms with Gasteiger partial charge in [-0.2, -0.15) is 0 Å². The standard InChI is InChI=1S/C14H22N4O/c1-4-5-14(6-7-14)18-12(19)8-11-9(2)16-13(15)17-10(11)3/h4-8H2,1-3H3,(H,18,19)(H2,15,16,17). The van der Waals surface area contributed by atoms with Crippen LogP contribution in [0.15, 0.2) is 0 Å². The molecule has 1 amide bonds. The predicted molar refractivity (Wildman–Crippen MR) is 74.6 cm³/mol. The predicted octanol–water partition coefficient (Wildman–Crippen LogP) is 1.67. The third-order valence-electron chi connectivity index (χ3n) is 3.76. The van der Waals surface area contributed by atoms with Gasteiger partial charge in [0.1, 0.15) is 0 Å². The van der Waals surface area contributed by atoms with Crippen LogP contribution in [-0.2, 0) is 11.2 Å². The SMILES string of the molecule is CCCC1(NC(=O)Cc2c(C)nc(N)nc2C)CC1. The van der Waals surface area contributed by atoms with Crippen LogP contribution in [0.1, 0.15) is 49.6 Å². The molecular formula is C14H22N4O. The summed E-state index contributed by atoms with van der Waals surface area (Å²) in [6.07, 6.45) is 4.70. The molecule has 0 spiro atoms. The van der Waals surface area contributed by atoms with Crippen molar-refractivity contribution in [1.29, 1.82) is 0 Å². The molecule has 5 nitrogen and oxygen atoms in total. The van der Waals surface area contributed by atoms with Crippen molar-refractivity contribution in [3.63, 3.8) is 0 Å². The third-order valence-corrected chi connectivity index (χ3v) is 3.76. The highest BCUT2D eigenvalue weighted by Gasteiger charge is 2.42. The first-order valence-corrected chi connectivity index (χ1v) is 6.86. The molecule has 1 aliphatic rings. The Kier molecular flexibility index (Phi) is 3.73. The van der Waals surface area contributed by atoms with E-state index in [2.05, 4.69) is 22.2 Å². The average molecular weight is 262 g/mol. The van der Waals surface area contributed by atoms with Gasteiger partial charge in [-0.15, -0.1) is 0 Å². The van der Waals surface area contributed by atoms with Gasteiger partial charge in [-0.05, 0) is 33.1 Å². The fourth-order valence-electron chi connectivity index (χ4n) is 2.59. The Labute approximate surface area is 114 Å². The van der Waals surface area contributed by atoms with Crippen LogP contribution in [0.5, 0.6) is 0 Å². The van der Waals surface area contributed by atoms with Crippen LogP contribution < -0.4 is 11.1 Å². The highest BCUT2D eigenvalue weighted by atomic mass is 16.1. The second-order valence-electron chi connectivity index (χ2n) is 5.49. The summed E-state index contributed by atoms with van der Waals surface area (Å²) >= 11 is 0. The van der Waals surface area contributed by atoms with Gasteiger partial charge in [-0.25, -0.2) is 9.97 Å². The fourth-order valence-corrected chi connectivity index (χ4v) is 2.59. The summed E-state index contributed by atoms with van der Waals surface area (Å²) in [6.45, 7) is 5.88. The van der Waals surface area contributed by atoms with E-state index in [1.165, 1.54) is 0 Å². The lowest BCUT2D eigenvalue weighted by molar-refractivity contribution is -0.121. The molecule has 0 saturated heterocycles. The summed E-state index contributed by atoms with van der Waals surface area (Å²) in [5.41, 5.74) is 8.13. The lowest BCUT2D eigenvalue weighted by atomic mass is 10.1. The van der Waals surface area contributed by atoms with Gasteiger partial charge in [0.15, 0.2) is 0 Å². The van der Waals surface area contributed by atoms with Gasteiger partial charge < -0.3 is 11.1 Å². The molecule has 1 fully saturated rings. The van der Waals surface area contributed by atoms with Crippen molar-refractivity contribution < 1.29 is 4.79 Å². The second-order valence-corrected chi connectivity index (χ2v) is 5.49. The molecule has 1 aliphatic carbocycles. The second kappa shape index (κ2) is 5.15. The van der Waals surface area contributed by atoms with Crippen LogP contribution in [0, 0.1) is 13.8 Å². The number of rotatable bonds is 5. The Morgan fingerprint density at radius 2 is 1.89 bits per heavy atom. The van der Waals surface area contributed by atoms with Crippen molar-refractivity contribution >= 4 is 11.9 Å². The van der Waals surface area contributed by atoms with Crippen molar-refractivity contribution in [2.45, 2.75) is 58.4 Å². The van der Waals surface area contributed by atoms with E-state index < -0.39 is 0 Å². The minimum absolute atomic E-state index is 0.0607. The Balaban J connectivity index is 2.03. The topological polar surface area (TPSA) is 80.9 Å². The number of amides is 1. The maximum atomic E-state index is 12.1. The van der Waals surface area contributed by atoms with Gasteiger partial charge >= 0.3 is 0 Å². The maximum Gasteiger partial charge on any atom is 0.224 e. The number of hydrogen-bond acceptors (Lipinski definition) is 4. The molecule has 1 aromatic heterocycles. The van der Waals surface area contributed by atoms with Gasteiger partial charge in [0.2, 0.25) is 11.9 Å². The first-order valence-electron chi connectivity index (χ1n) is 6.86. The Hall–Kier alpha value is -1.65. The molecule has 19 heavy (non-hydrogen) atoms. The van der Waals surface area contributed by atoms with Gasteiger partial charge in [0, 0.05) is 22.5 Å². The third kappa shape index (κ3) is 3.22. The van der Waals surface area contributed by atoms with Crippen LogP contribution in [-0.4, -0.2) is 21.4 Å². The number of nitrogens with one attached hydrogen (secondary N) is 1. The van der Waals surface area contributed by atoms with Gasteiger partial charge in [0.05, 0.1) is 6.42 Å². The number of aromatic nitrogens is 2. The van der Waals surface area contributed by atoms with Gasteiger partial charge in [0.25, 0.3) is 0 Å². The number of carbonyl (C=O) groups excluding carboxylic acids is 1. The molecule has 1 saturated carbocycles. The van der Waals surface area contributed by atoms with E-state index in [0.717, 1.165) is 42.6 Å². The largest absolute Gasteiger partial charge is 0.368 e. The van der Waals surface area contributed by atoms with E-state index in [4.69, 9.17) is 5.73 Å². The molecule has 0 unspecified atom stereocenters. The average Bonchev–Trinajstić information content (AvgIpc) is 3.03.